The average molecular weight is 190 g/mol. The Morgan fingerprint density at radius 3 is 2.79 bits per heavy atom. The van der Waals surface area contributed by atoms with Gasteiger partial charge in [-0.25, -0.2) is 0 Å². The third-order valence-electron chi connectivity index (χ3n) is 2.48. The van der Waals surface area contributed by atoms with E-state index in [1.807, 2.05) is 37.3 Å². The molecule has 74 valence electrons. The zero-order chi connectivity index (χ0) is 9.97. The van der Waals surface area contributed by atoms with Crippen LogP contribution in [0.25, 0.3) is 0 Å². The number of aliphatic hydroxyl groups is 1. The van der Waals surface area contributed by atoms with Crippen molar-refractivity contribution >= 4 is 0 Å². The monoisotopic (exact) mass is 190 g/mol. The maximum atomic E-state index is 10.0. The second-order valence-corrected chi connectivity index (χ2v) is 3.50. The van der Waals surface area contributed by atoms with Crippen LogP contribution < -0.4 is 0 Å². The lowest BCUT2D eigenvalue weighted by Crippen LogP contribution is -2.03. The molecule has 0 saturated carbocycles. The summed E-state index contributed by atoms with van der Waals surface area (Å²) in [7, 11) is 0. The number of aryl methyl sites for hydroxylation is 1. The Hall–Kier alpha value is -1.28. The maximum absolute atomic E-state index is 10.0. The molecule has 0 spiro atoms. The van der Waals surface area contributed by atoms with E-state index in [9.17, 15) is 5.11 Å². The van der Waals surface area contributed by atoms with Crippen molar-refractivity contribution in [1.82, 2.24) is 0 Å². The van der Waals surface area contributed by atoms with Crippen LogP contribution in [-0.4, -0.2) is 11.7 Å². The molecule has 2 nitrogen and oxygen atoms in total. The normalized spacial score (nSPS) is 17.4. The van der Waals surface area contributed by atoms with E-state index in [0.29, 0.717) is 12.4 Å². The minimum atomic E-state index is -0.598. The number of hydrogen-bond acceptors (Lipinski definition) is 2. The average Bonchev–Trinajstić information content (AvgIpc) is 2.70. The molecular weight excluding hydrogens is 176 g/mol. The van der Waals surface area contributed by atoms with Gasteiger partial charge >= 0.3 is 0 Å². The zero-order valence-corrected chi connectivity index (χ0v) is 8.23. The van der Waals surface area contributed by atoms with Crippen LogP contribution in [0.1, 0.15) is 23.7 Å². The molecule has 1 aliphatic heterocycles. The fraction of sp³-hybridized carbons (Fsp3) is 0.333. The van der Waals surface area contributed by atoms with E-state index in [-0.39, 0.29) is 0 Å². The van der Waals surface area contributed by atoms with Gasteiger partial charge in [-0.05, 0) is 24.1 Å². The molecule has 1 heterocycles. The predicted octanol–water partition coefficient (Wildman–Crippen LogP) is 2.33. The summed E-state index contributed by atoms with van der Waals surface area (Å²) in [6.45, 7) is 2.69. The van der Waals surface area contributed by atoms with Crippen LogP contribution in [0.5, 0.6) is 0 Å². The summed E-state index contributed by atoms with van der Waals surface area (Å²) in [6.07, 6.45) is 2.26. The highest BCUT2D eigenvalue weighted by atomic mass is 16.5. The molecule has 1 N–H and O–H groups in total. The number of ether oxygens (including phenoxy) is 1. The van der Waals surface area contributed by atoms with Crippen molar-refractivity contribution in [1.29, 1.82) is 0 Å². The van der Waals surface area contributed by atoms with Gasteiger partial charge in [0.25, 0.3) is 0 Å². The Kier molecular flexibility index (Phi) is 2.55. The maximum Gasteiger partial charge on any atom is 0.136 e. The molecule has 0 bridgehead atoms. The van der Waals surface area contributed by atoms with Gasteiger partial charge in [0.15, 0.2) is 0 Å². The molecule has 0 aliphatic carbocycles. The first-order valence-electron chi connectivity index (χ1n) is 4.85. The van der Waals surface area contributed by atoms with E-state index < -0.39 is 6.10 Å². The second kappa shape index (κ2) is 3.84. The molecule has 1 aliphatic rings. The van der Waals surface area contributed by atoms with Gasteiger partial charge in [-0.2, -0.15) is 0 Å². The van der Waals surface area contributed by atoms with Crippen LogP contribution in [0.2, 0.25) is 0 Å². The fourth-order valence-electron chi connectivity index (χ4n) is 1.67. The van der Waals surface area contributed by atoms with Crippen LogP contribution in [0.15, 0.2) is 36.1 Å². The molecule has 2 rings (SSSR count). The molecule has 0 saturated heterocycles. The molecule has 2 heteroatoms. The van der Waals surface area contributed by atoms with Crippen molar-refractivity contribution in [2.75, 3.05) is 6.61 Å². The summed E-state index contributed by atoms with van der Waals surface area (Å²) in [5.74, 6) is 0.694. The molecule has 14 heavy (non-hydrogen) atoms. The Labute approximate surface area is 83.8 Å². The highest BCUT2D eigenvalue weighted by molar-refractivity contribution is 5.31. The molecular formula is C12H14O2. The molecule has 1 aromatic rings. The molecule has 1 unspecified atom stereocenters. The lowest BCUT2D eigenvalue weighted by atomic mass is 10.0. The van der Waals surface area contributed by atoms with Gasteiger partial charge in [0.05, 0.1) is 6.61 Å². The number of rotatable bonds is 2. The standard InChI is InChI=1S/C12H14O2/c1-9-5-2-3-6-10(9)12(13)11-7-4-8-14-11/h2-3,5-7,12-13H,4,8H2,1H3. The topological polar surface area (TPSA) is 29.5 Å². The van der Waals surface area contributed by atoms with Crippen molar-refractivity contribution in [3.8, 4) is 0 Å². The summed E-state index contributed by atoms with van der Waals surface area (Å²) >= 11 is 0. The van der Waals surface area contributed by atoms with Crippen LogP contribution in [-0.2, 0) is 4.74 Å². The van der Waals surface area contributed by atoms with E-state index in [4.69, 9.17) is 4.74 Å². The third-order valence-corrected chi connectivity index (χ3v) is 2.48. The lowest BCUT2D eigenvalue weighted by molar-refractivity contribution is 0.118. The first-order valence-corrected chi connectivity index (χ1v) is 4.85. The third kappa shape index (κ3) is 1.66. The summed E-state index contributed by atoms with van der Waals surface area (Å²) in [5, 5.41) is 10.0. The van der Waals surface area contributed by atoms with Crippen molar-refractivity contribution in [2.24, 2.45) is 0 Å². The summed E-state index contributed by atoms with van der Waals surface area (Å²) in [5.41, 5.74) is 2.03. The number of hydrogen-bond donors (Lipinski definition) is 1. The van der Waals surface area contributed by atoms with Gasteiger partial charge in [0.2, 0.25) is 0 Å². The van der Waals surface area contributed by atoms with E-state index in [1.54, 1.807) is 0 Å². The van der Waals surface area contributed by atoms with Crippen LogP contribution >= 0.6 is 0 Å². The highest BCUT2D eigenvalue weighted by Crippen LogP contribution is 2.27. The molecule has 0 radical (unpaired) electrons. The van der Waals surface area contributed by atoms with Gasteiger partial charge < -0.3 is 9.84 Å². The minimum absolute atomic E-state index is 0.598. The zero-order valence-electron chi connectivity index (χ0n) is 8.23. The number of benzene rings is 1. The van der Waals surface area contributed by atoms with Gasteiger partial charge in [0.1, 0.15) is 11.9 Å². The highest BCUT2D eigenvalue weighted by Gasteiger charge is 2.18. The Bertz CT molecular complexity index is 355. The second-order valence-electron chi connectivity index (χ2n) is 3.50. The van der Waals surface area contributed by atoms with Crippen molar-refractivity contribution < 1.29 is 9.84 Å². The molecule has 1 atom stereocenters. The molecule has 0 aromatic heterocycles. The van der Waals surface area contributed by atoms with Gasteiger partial charge in [-0.1, -0.05) is 24.3 Å². The van der Waals surface area contributed by atoms with Crippen LogP contribution in [0.3, 0.4) is 0 Å². The fourth-order valence-corrected chi connectivity index (χ4v) is 1.67. The lowest BCUT2D eigenvalue weighted by Gasteiger charge is -2.14. The van der Waals surface area contributed by atoms with E-state index >= 15 is 0 Å². The Morgan fingerprint density at radius 2 is 2.14 bits per heavy atom. The quantitative estimate of drug-likeness (QED) is 0.775. The van der Waals surface area contributed by atoms with Gasteiger partial charge in [-0.15, -0.1) is 0 Å². The first-order chi connectivity index (χ1) is 6.79. The SMILES string of the molecule is Cc1ccccc1C(O)C1=CCCO1. The first kappa shape index (κ1) is 9.28. The molecule has 1 aromatic carbocycles. The van der Waals surface area contributed by atoms with Crippen LogP contribution in [0.4, 0.5) is 0 Å². The Balaban J connectivity index is 2.26. The molecule has 0 fully saturated rings. The summed E-state index contributed by atoms with van der Waals surface area (Å²) < 4.78 is 5.34. The minimum Gasteiger partial charge on any atom is -0.495 e. The summed E-state index contributed by atoms with van der Waals surface area (Å²) in [4.78, 5) is 0. The molecule has 0 amide bonds. The van der Waals surface area contributed by atoms with Gasteiger partial charge in [0, 0.05) is 6.42 Å². The largest absolute Gasteiger partial charge is 0.495 e. The Morgan fingerprint density at radius 1 is 1.36 bits per heavy atom. The van der Waals surface area contributed by atoms with Crippen LogP contribution in [0, 0.1) is 6.92 Å². The van der Waals surface area contributed by atoms with E-state index in [0.717, 1.165) is 17.5 Å². The van der Waals surface area contributed by atoms with Crippen molar-refractivity contribution in [3.05, 3.63) is 47.2 Å². The number of aliphatic hydroxyl groups excluding tert-OH is 1. The van der Waals surface area contributed by atoms with Gasteiger partial charge in [-0.3, -0.25) is 0 Å². The van der Waals surface area contributed by atoms with E-state index in [1.165, 1.54) is 0 Å². The van der Waals surface area contributed by atoms with Crippen molar-refractivity contribution in [2.45, 2.75) is 19.4 Å². The predicted molar refractivity (Wildman–Crippen MR) is 54.8 cm³/mol. The smallest absolute Gasteiger partial charge is 0.136 e. The summed E-state index contributed by atoms with van der Waals surface area (Å²) in [6, 6.07) is 7.83. The van der Waals surface area contributed by atoms with E-state index in [2.05, 4.69) is 0 Å². The van der Waals surface area contributed by atoms with Crippen molar-refractivity contribution in [3.63, 3.8) is 0 Å².